The minimum Gasteiger partial charge on any atom is -0.335 e. The number of carbonyl (C=O) groups excluding carboxylic acids is 1. The molecule has 3 heteroatoms. The lowest BCUT2D eigenvalue weighted by molar-refractivity contribution is 0.212. The van der Waals surface area contributed by atoms with Gasteiger partial charge in [0, 0.05) is 26.1 Å². The molecule has 72 valence electrons. The van der Waals surface area contributed by atoms with E-state index in [-0.39, 0.29) is 12.1 Å². The van der Waals surface area contributed by atoms with Crippen LogP contribution in [-0.4, -0.2) is 31.1 Å². The highest BCUT2D eigenvalue weighted by Gasteiger charge is 2.16. The van der Waals surface area contributed by atoms with E-state index in [4.69, 9.17) is 0 Å². The van der Waals surface area contributed by atoms with Crippen LogP contribution in [0.2, 0.25) is 0 Å². The molecule has 0 aliphatic heterocycles. The van der Waals surface area contributed by atoms with Crippen molar-refractivity contribution in [2.75, 3.05) is 14.1 Å². The van der Waals surface area contributed by atoms with Gasteiger partial charge in [-0.2, -0.15) is 0 Å². The molecule has 0 aromatic carbocycles. The Morgan fingerprint density at radius 3 is 2.38 bits per heavy atom. The molecule has 0 aromatic rings. The molecule has 0 fully saturated rings. The first kappa shape index (κ1) is 9.84. The molecule has 0 heterocycles. The quantitative estimate of drug-likeness (QED) is 0.684. The second-order valence-electron chi connectivity index (χ2n) is 3.48. The van der Waals surface area contributed by atoms with Crippen molar-refractivity contribution < 1.29 is 4.79 Å². The van der Waals surface area contributed by atoms with Gasteiger partial charge in [-0.05, 0) is 6.92 Å². The molecule has 1 rings (SSSR count). The van der Waals surface area contributed by atoms with Gasteiger partial charge in [-0.3, -0.25) is 0 Å². The fourth-order valence-corrected chi connectivity index (χ4v) is 1.20. The average molecular weight is 180 g/mol. The molecule has 0 spiro atoms. The standard InChI is InChI=1S/C10H16N2O/c1-8(9-6-4-5-7-9)11-10(13)12(2)3/h4-9H,1-3H3,(H,11,13). The molecule has 1 atom stereocenters. The van der Waals surface area contributed by atoms with Crippen LogP contribution in [0, 0.1) is 5.92 Å². The molecule has 0 bridgehead atoms. The van der Waals surface area contributed by atoms with Crippen molar-refractivity contribution >= 4 is 6.03 Å². The summed E-state index contributed by atoms with van der Waals surface area (Å²) in [5.74, 6) is 0.337. The summed E-state index contributed by atoms with van der Waals surface area (Å²) in [4.78, 5) is 12.8. The zero-order chi connectivity index (χ0) is 9.84. The third-order valence-electron chi connectivity index (χ3n) is 2.11. The topological polar surface area (TPSA) is 32.3 Å². The number of hydrogen-bond donors (Lipinski definition) is 1. The fraction of sp³-hybridized carbons (Fsp3) is 0.500. The van der Waals surface area contributed by atoms with Crippen molar-refractivity contribution in [2.24, 2.45) is 5.92 Å². The Bertz CT molecular complexity index is 231. The first-order valence-electron chi connectivity index (χ1n) is 4.44. The number of rotatable bonds is 2. The molecule has 1 N–H and O–H groups in total. The van der Waals surface area contributed by atoms with Crippen LogP contribution in [0.5, 0.6) is 0 Å². The minimum atomic E-state index is -0.0406. The largest absolute Gasteiger partial charge is 0.335 e. The second-order valence-corrected chi connectivity index (χ2v) is 3.48. The number of amides is 2. The van der Waals surface area contributed by atoms with E-state index in [1.165, 1.54) is 0 Å². The van der Waals surface area contributed by atoms with Crippen molar-refractivity contribution in [3.05, 3.63) is 24.3 Å². The molecule has 0 radical (unpaired) electrons. The van der Waals surface area contributed by atoms with Crippen LogP contribution in [0.15, 0.2) is 24.3 Å². The Labute approximate surface area is 79.1 Å². The number of urea groups is 1. The summed E-state index contributed by atoms with van der Waals surface area (Å²) in [6, 6.07) is 0.117. The van der Waals surface area contributed by atoms with Gasteiger partial charge >= 0.3 is 6.03 Å². The molecule has 0 saturated carbocycles. The van der Waals surface area contributed by atoms with Crippen LogP contribution in [0.4, 0.5) is 4.79 Å². The van der Waals surface area contributed by atoms with Gasteiger partial charge in [-0.1, -0.05) is 24.3 Å². The van der Waals surface area contributed by atoms with E-state index in [1.807, 2.05) is 19.1 Å². The number of nitrogens with one attached hydrogen (secondary N) is 1. The number of allylic oxidation sites excluding steroid dienone is 2. The molecule has 3 nitrogen and oxygen atoms in total. The van der Waals surface area contributed by atoms with Crippen LogP contribution in [0.1, 0.15) is 6.92 Å². The van der Waals surface area contributed by atoms with Gasteiger partial charge in [0.25, 0.3) is 0 Å². The average Bonchev–Trinajstić information content (AvgIpc) is 2.55. The van der Waals surface area contributed by atoms with Gasteiger partial charge in [-0.25, -0.2) is 4.79 Å². The molecule has 0 aromatic heterocycles. The minimum absolute atomic E-state index is 0.0406. The maximum Gasteiger partial charge on any atom is 0.317 e. The van der Waals surface area contributed by atoms with Crippen molar-refractivity contribution in [3.8, 4) is 0 Å². The molecule has 0 saturated heterocycles. The highest BCUT2D eigenvalue weighted by atomic mass is 16.2. The number of carbonyl (C=O) groups is 1. The summed E-state index contributed by atoms with van der Waals surface area (Å²) in [6.45, 7) is 2.01. The van der Waals surface area contributed by atoms with Gasteiger partial charge < -0.3 is 10.2 Å². The van der Waals surface area contributed by atoms with E-state index in [0.29, 0.717) is 5.92 Å². The van der Waals surface area contributed by atoms with E-state index < -0.39 is 0 Å². The van der Waals surface area contributed by atoms with Crippen LogP contribution >= 0.6 is 0 Å². The lowest BCUT2D eigenvalue weighted by atomic mass is 10.0. The third kappa shape index (κ3) is 2.61. The highest BCUT2D eigenvalue weighted by Crippen LogP contribution is 2.13. The Kier molecular flexibility index (Phi) is 3.12. The SMILES string of the molecule is CC(NC(=O)N(C)C)C1C=CC=C1. The van der Waals surface area contributed by atoms with Crippen LogP contribution < -0.4 is 5.32 Å². The normalized spacial score (nSPS) is 17.5. The molecule has 1 unspecified atom stereocenters. The Morgan fingerprint density at radius 1 is 1.38 bits per heavy atom. The Morgan fingerprint density at radius 2 is 1.92 bits per heavy atom. The number of hydrogen-bond acceptors (Lipinski definition) is 1. The first-order chi connectivity index (χ1) is 6.11. The smallest absolute Gasteiger partial charge is 0.317 e. The zero-order valence-corrected chi connectivity index (χ0v) is 8.32. The summed E-state index contributed by atoms with van der Waals surface area (Å²) < 4.78 is 0. The summed E-state index contributed by atoms with van der Waals surface area (Å²) in [5, 5.41) is 2.91. The lowest BCUT2D eigenvalue weighted by Crippen LogP contribution is -2.42. The maximum atomic E-state index is 11.3. The fourth-order valence-electron chi connectivity index (χ4n) is 1.20. The van der Waals surface area contributed by atoms with Crippen LogP contribution in [0.25, 0.3) is 0 Å². The number of nitrogens with zero attached hydrogens (tertiary/aromatic N) is 1. The third-order valence-corrected chi connectivity index (χ3v) is 2.11. The molecule has 2 amide bonds. The predicted molar refractivity (Wildman–Crippen MR) is 53.5 cm³/mol. The predicted octanol–water partition coefficient (Wildman–Crippen LogP) is 1.39. The molecular formula is C10H16N2O. The zero-order valence-electron chi connectivity index (χ0n) is 8.32. The van der Waals surface area contributed by atoms with Crippen molar-refractivity contribution in [1.82, 2.24) is 10.2 Å². The highest BCUT2D eigenvalue weighted by molar-refractivity contribution is 5.73. The van der Waals surface area contributed by atoms with E-state index in [9.17, 15) is 4.79 Å². The van der Waals surface area contributed by atoms with E-state index in [2.05, 4.69) is 17.5 Å². The Balaban J connectivity index is 2.41. The summed E-state index contributed by atoms with van der Waals surface area (Å²) in [5.41, 5.74) is 0. The van der Waals surface area contributed by atoms with Gasteiger partial charge in [0.1, 0.15) is 0 Å². The van der Waals surface area contributed by atoms with Gasteiger partial charge in [0.15, 0.2) is 0 Å². The summed E-state index contributed by atoms with van der Waals surface area (Å²) in [6.07, 6.45) is 8.17. The van der Waals surface area contributed by atoms with Crippen LogP contribution in [-0.2, 0) is 0 Å². The van der Waals surface area contributed by atoms with Crippen LogP contribution in [0.3, 0.4) is 0 Å². The Hall–Kier alpha value is -1.25. The molecular weight excluding hydrogens is 164 g/mol. The van der Waals surface area contributed by atoms with Crippen molar-refractivity contribution in [2.45, 2.75) is 13.0 Å². The van der Waals surface area contributed by atoms with Gasteiger partial charge in [0.05, 0.1) is 0 Å². The monoisotopic (exact) mass is 180 g/mol. The van der Waals surface area contributed by atoms with E-state index >= 15 is 0 Å². The second kappa shape index (κ2) is 4.12. The van der Waals surface area contributed by atoms with Crippen molar-refractivity contribution in [1.29, 1.82) is 0 Å². The molecule has 1 aliphatic rings. The van der Waals surface area contributed by atoms with Gasteiger partial charge in [-0.15, -0.1) is 0 Å². The molecule has 1 aliphatic carbocycles. The maximum absolute atomic E-state index is 11.3. The summed E-state index contributed by atoms with van der Waals surface area (Å²) >= 11 is 0. The first-order valence-corrected chi connectivity index (χ1v) is 4.44. The van der Waals surface area contributed by atoms with E-state index in [0.717, 1.165) is 0 Å². The van der Waals surface area contributed by atoms with Gasteiger partial charge in [0.2, 0.25) is 0 Å². The summed E-state index contributed by atoms with van der Waals surface area (Å²) in [7, 11) is 3.48. The van der Waals surface area contributed by atoms with E-state index in [1.54, 1.807) is 19.0 Å². The molecule has 13 heavy (non-hydrogen) atoms. The van der Waals surface area contributed by atoms with Crippen molar-refractivity contribution in [3.63, 3.8) is 0 Å². The lowest BCUT2D eigenvalue weighted by Gasteiger charge is -2.20.